The number of aromatic nitrogens is 1. The van der Waals surface area contributed by atoms with Gasteiger partial charge in [0, 0.05) is 17.8 Å². The highest BCUT2D eigenvalue weighted by Crippen LogP contribution is 2.21. The van der Waals surface area contributed by atoms with E-state index in [0.29, 0.717) is 0 Å². The van der Waals surface area contributed by atoms with E-state index in [1.807, 2.05) is 6.92 Å². The van der Waals surface area contributed by atoms with Gasteiger partial charge in [-0.25, -0.2) is 4.98 Å². The highest BCUT2D eigenvalue weighted by molar-refractivity contribution is 7.09. The molecule has 1 aliphatic carbocycles. The SMILES string of the molecule is Cc1nc(CC(N)C2=CCCCCC2)cs1. The summed E-state index contributed by atoms with van der Waals surface area (Å²) in [5.74, 6) is 0. The molecule has 2 N–H and O–H groups in total. The van der Waals surface area contributed by atoms with Crippen molar-refractivity contribution < 1.29 is 0 Å². The molecule has 0 saturated carbocycles. The van der Waals surface area contributed by atoms with Gasteiger partial charge in [-0.15, -0.1) is 11.3 Å². The molecule has 0 aliphatic heterocycles. The van der Waals surface area contributed by atoms with Crippen LogP contribution in [0.1, 0.15) is 42.8 Å². The summed E-state index contributed by atoms with van der Waals surface area (Å²) in [4.78, 5) is 4.48. The molecule has 1 heterocycles. The maximum absolute atomic E-state index is 6.26. The average molecular weight is 236 g/mol. The minimum Gasteiger partial charge on any atom is -0.324 e. The van der Waals surface area contributed by atoms with Crippen molar-refractivity contribution in [3.05, 3.63) is 27.7 Å². The van der Waals surface area contributed by atoms with Crippen molar-refractivity contribution in [2.45, 2.75) is 51.5 Å². The summed E-state index contributed by atoms with van der Waals surface area (Å²) in [5, 5.41) is 3.27. The molecule has 0 aromatic carbocycles. The smallest absolute Gasteiger partial charge is 0.0897 e. The van der Waals surface area contributed by atoms with Crippen LogP contribution in [0.2, 0.25) is 0 Å². The Bertz CT molecular complexity index is 368. The van der Waals surface area contributed by atoms with Crippen molar-refractivity contribution in [2.75, 3.05) is 0 Å². The van der Waals surface area contributed by atoms with E-state index in [0.717, 1.165) is 17.1 Å². The van der Waals surface area contributed by atoms with E-state index in [1.54, 1.807) is 11.3 Å². The molecule has 1 unspecified atom stereocenters. The molecule has 3 heteroatoms. The van der Waals surface area contributed by atoms with E-state index >= 15 is 0 Å². The lowest BCUT2D eigenvalue weighted by molar-refractivity contribution is 0.667. The third-order valence-corrected chi connectivity index (χ3v) is 3.97. The van der Waals surface area contributed by atoms with Crippen LogP contribution in [0.25, 0.3) is 0 Å². The number of nitrogens with two attached hydrogens (primary N) is 1. The van der Waals surface area contributed by atoms with Crippen molar-refractivity contribution in [3.63, 3.8) is 0 Å². The Morgan fingerprint density at radius 3 is 3.06 bits per heavy atom. The van der Waals surface area contributed by atoms with Crippen LogP contribution < -0.4 is 5.73 Å². The van der Waals surface area contributed by atoms with E-state index in [-0.39, 0.29) is 6.04 Å². The molecular formula is C13H20N2S. The Hall–Kier alpha value is -0.670. The zero-order valence-corrected chi connectivity index (χ0v) is 10.7. The largest absolute Gasteiger partial charge is 0.324 e. The van der Waals surface area contributed by atoms with Crippen LogP contribution in [-0.4, -0.2) is 11.0 Å². The first-order chi connectivity index (χ1) is 7.75. The van der Waals surface area contributed by atoms with E-state index in [2.05, 4.69) is 16.4 Å². The molecule has 0 radical (unpaired) electrons. The molecule has 0 fully saturated rings. The van der Waals surface area contributed by atoms with Gasteiger partial charge in [0.15, 0.2) is 0 Å². The number of thiazole rings is 1. The lowest BCUT2D eigenvalue weighted by Crippen LogP contribution is -2.25. The maximum atomic E-state index is 6.26. The molecule has 2 rings (SSSR count). The van der Waals surface area contributed by atoms with Crippen LogP contribution >= 0.6 is 11.3 Å². The second-order valence-corrected chi connectivity index (χ2v) is 5.61. The number of allylic oxidation sites excluding steroid dienone is 1. The quantitative estimate of drug-likeness (QED) is 0.818. The molecule has 88 valence electrons. The third-order valence-electron chi connectivity index (χ3n) is 3.15. The van der Waals surface area contributed by atoms with E-state index in [9.17, 15) is 0 Å². The molecular weight excluding hydrogens is 216 g/mol. The summed E-state index contributed by atoms with van der Waals surface area (Å²) in [7, 11) is 0. The molecule has 0 saturated heterocycles. The monoisotopic (exact) mass is 236 g/mol. The Morgan fingerprint density at radius 2 is 2.31 bits per heavy atom. The summed E-state index contributed by atoms with van der Waals surface area (Å²) >= 11 is 1.71. The molecule has 1 aliphatic rings. The molecule has 1 atom stereocenters. The van der Waals surface area contributed by atoms with Gasteiger partial charge in [0.05, 0.1) is 10.7 Å². The van der Waals surface area contributed by atoms with Gasteiger partial charge in [-0.05, 0) is 32.6 Å². The number of hydrogen-bond acceptors (Lipinski definition) is 3. The standard InChI is InChI=1S/C13H20N2S/c1-10-15-12(9-16-10)8-13(14)11-6-4-2-3-5-7-11/h6,9,13H,2-5,7-8,14H2,1H3. The Morgan fingerprint density at radius 1 is 1.44 bits per heavy atom. The molecule has 16 heavy (non-hydrogen) atoms. The van der Waals surface area contributed by atoms with E-state index in [4.69, 9.17) is 5.73 Å². The van der Waals surface area contributed by atoms with Gasteiger partial charge in [-0.1, -0.05) is 18.1 Å². The van der Waals surface area contributed by atoms with Crippen LogP contribution in [0.3, 0.4) is 0 Å². The molecule has 1 aromatic rings. The summed E-state index contributed by atoms with van der Waals surface area (Å²) < 4.78 is 0. The van der Waals surface area contributed by atoms with Gasteiger partial charge in [-0.2, -0.15) is 0 Å². The van der Waals surface area contributed by atoms with Gasteiger partial charge in [-0.3, -0.25) is 0 Å². The predicted octanol–water partition coefficient (Wildman–Crippen LogP) is 3.21. The lowest BCUT2D eigenvalue weighted by Gasteiger charge is -2.13. The fourth-order valence-electron chi connectivity index (χ4n) is 2.23. The summed E-state index contributed by atoms with van der Waals surface area (Å²) in [5.41, 5.74) is 8.86. The second kappa shape index (κ2) is 5.60. The predicted molar refractivity (Wildman–Crippen MR) is 69.7 cm³/mol. The van der Waals surface area contributed by atoms with Gasteiger partial charge in [0.1, 0.15) is 0 Å². The van der Waals surface area contributed by atoms with Gasteiger partial charge >= 0.3 is 0 Å². The molecule has 1 aromatic heterocycles. The van der Waals surface area contributed by atoms with Crippen molar-refractivity contribution >= 4 is 11.3 Å². The maximum Gasteiger partial charge on any atom is 0.0897 e. The van der Waals surface area contributed by atoms with Crippen LogP contribution in [-0.2, 0) is 6.42 Å². The van der Waals surface area contributed by atoms with Crippen LogP contribution in [0.4, 0.5) is 0 Å². The fourth-order valence-corrected chi connectivity index (χ4v) is 2.86. The number of aryl methyl sites for hydroxylation is 1. The van der Waals surface area contributed by atoms with Gasteiger partial charge in [0.25, 0.3) is 0 Å². The highest BCUT2D eigenvalue weighted by atomic mass is 32.1. The fraction of sp³-hybridized carbons (Fsp3) is 0.615. The van der Waals surface area contributed by atoms with E-state index < -0.39 is 0 Å². The third kappa shape index (κ3) is 3.16. The van der Waals surface area contributed by atoms with Crippen molar-refractivity contribution in [1.29, 1.82) is 0 Å². The Labute approximate surface area is 102 Å². The normalized spacial score (nSPS) is 19.0. The zero-order valence-electron chi connectivity index (χ0n) is 9.91. The Kier molecular flexibility index (Phi) is 4.13. The molecule has 2 nitrogen and oxygen atoms in total. The minimum absolute atomic E-state index is 0.180. The first-order valence-electron chi connectivity index (χ1n) is 6.11. The van der Waals surface area contributed by atoms with Crippen LogP contribution in [0, 0.1) is 6.92 Å². The van der Waals surface area contributed by atoms with Crippen LogP contribution in [0.15, 0.2) is 17.0 Å². The van der Waals surface area contributed by atoms with E-state index in [1.165, 1.54) is 37.7 Å². The average Bonchev–Trinajstić information content (AvgIpc) is 2.56. The molecule has 0 spiro atoms. The van der Waals surface area contributed by atoms with Crippen LogP contribution in [0.5, 0.6) is 0 Å². The second-order valence-electron chi connectivity index (χ2n) is 4.55. The number of hydrogen-bond donors (Lipinski definition) is 1. The lowest BCUT2D eigenvalue weighted by atomic mass is 9.99. The van der Waals surface area contributed by atoms with Gasteiger partial charge < -0.3 is 5.73 Å². The highest BCUT2D eigenvalue weighted by Gasteiger charge is 2.13. The first kappa shape index (κ1) is 11.8. The topological polar surface area (TPSA) is 38.9 Å². The molecule has 0 bridgehead atoms. The van der Waals surface area contributed by atoms with Gasteiger partial charge in [0.2, 0.25) is 0 Å². The van der Waals surface area contributed by atoms with Crippen molar-refractivity contribution in [2.24, 2.45) is 5.73 Å². The number of rotatable bonds is 3. The Balaban J connectivity index is 1.96. The summed E-state index contributed by atoms with van der Waals surface area (Å²) in [6.45, 7) is 2.05. The van der Waals surface area contributed by atoms with Crippen molar-refractivity contribution in [1.82, 2.24) is 4.98 Å². The summed E-state index contributed by atoms with van der Waals surface area (Å²) in [6, 6.07) is 0.180. The number of nitrogens with zero attached hydrogens (tertiary/aromatic N) is 1. The zero-order chi connectivity index (χ0) is 11.4. The van der Waals surface area contributed by atoms with Crippen molar-refractivity contribution in [3.8, 4) is 0 Å². The first-order valence-corrected chi connectivity index (χ1v) is 6.99. The molecule has 0 amide bonds. The minimum atomic E-state index is 0.180. The summed E-state index contributed by atoms with van der Waals surface area (Å²) in [6.07, 6.45) is 9.63.